The fourth-order valence-electron chi connectivity index (χ4n) is 1.33. The van der Waals surface area contributed by atoms with Crippen LogP contribution in [0.2, 0.25) is 0 Å². The molecule has 0 aliphatic rings. The van der Waals surface area contributed by atoms with Gasteiger partial charge in [0.05, 0.1) is 0 Å². The number of para-hydroxylation sites is 1. The maximum absolute atomic E-state index is 11.4. The van der Waals surface area contributed by atoms with Gasteiger partial charge in [0.1, 0.15) is 5.75 Å². The van der Waals surface area contributed by atoms with E-state index in [1.165, 1.54) is 0 Å². The van der Waals surface area contributed by atoms with E-state index < -0.39 is 6.09 Å². The zero-order valence-corrected chi connectivity index (χ0v) is 9.91. The van der Waals surface area contributed by atoms with Crippen LogP contribution in [-0.4, -0.2) is 18.7 Å². The smallest absolute Gasteiger partial charge is 0.410 e. The fraction of sp³-hybridized carbons (Fsp3) is 0.417. The van der Waals surface area contributed by atoms with Crippen molar-refractivity contribution in [3.8, 4) is 5.75 Å². The van der Waals surface area contributed by atoms with Gasteiger partial charge in [-0.3, -0.25) is 0 Å². The van der Waals surface area contributed by atoms with E-state index in [1.54, 1.807) is 0 Å². The molecule has 0 saturated heterocycles. The molecule has 0 saturated carbocycles. The van der Waals surface area contributed by atoms with E-state index >= 15 is 0 Å². The van der Waals surface area contributed by atoms with Crippen LogP contribution in [0.1, 0.15) is 18.1 Å². The third kappa shape index (κ3) is 3.55. The van der Waals surface area contributed by atoms with Gasteiger partial charge in [0, 0.05) is 12.6 Å². The Morgan fingerprint density at radius 1 is 1.44 bits per heavy atom. The average molecular weight is 222 g/mol. The quantitative estimate of drug-likeness (QED) is 0.818. The Kier molecular flexibility index (Phi) is 4.31. The van der Waals surface area contributed by atoms with Gasteiger partial charge < -0.3 is 15.8 Å². The van der Waals surface area contributed by atoms with Crippen LogP contribution in [0.25, 0.3) is 0 Å². The first-order valence-electron chi connectivity index (χ1n) is 5.28. The summed E-state index contributed by atoms with van der Waals surface area (Å²) in [5.74, 6) is 0.615. The highest BCUT2D eigenvalue weighted by Crippen LogP contribution is 2.22. The number of rotatable bonds is 3. The number of ether oxygens (including phenoxy) is 1. The molecule has 16 heavy (non-hydrogen) atoms. The molecule has 0 heterocycles. The van der Waals surface area contributed by atoms with Gasteiger partial charge in [-0.15, -0.1) is 0 Å². The third-order valence-electron chi connectivity index (χ3n) is 2.17. The van der Waals surface area contributed by atoms with Crippen molar-refractivity contribution in [2.45, 2.75) is 26.8 Å². The van der Waals surface area contributed by atoms with E-state index in [1.807, 2.05) is 39.0 Å². The summed E-state index contributed by atoms with van der Waals surface area (Å²) in [5, 5.41) is 2.60. The molecule has 0 aliphatic heterocycles. The molecule has 1 unspecified atom stereocenters. The van der Waals surface area contributed by atoms with Crippen molar-refractivity contribution in [1.82, 2.24) is 5.32 Å². The number of aryl methyl sites for hydroxylation is 2. The Balaban J connectivity index is 2.63. The minimum absolute atomic E-state index is 0.0782. The van der Waals surface area contributed by atoms with Crippen molar-refractivity contribution < 1.29 is 9.53 Å². The number of nitrogens with one attached hydrogen (secondary N) is 1. The highest BCUT2D eigenvalue weighted by atomic mass is 16.6. The van der Waals surface area contributed by atoms with Gasteiger partial charge in [0.25, 0.3) is 0 Å². The van der Waals surface area contributed by atoms with Gasteiger partial charge in [-0.25, -0.2) is 4.79 Å². The summed E-state index contributed by atoms with van der Waals surface area (Å²) in [6.45, 7) is 6.03. The van der Waals surface area contributed by atoms with Gasteiger partial charge in [0.2, 0.25) is 0 Å². The van der Waals surface area contributed by atoms with Crippen LogP contribution in [0.4, 0.5) is 4.79 Å². The van der Waals surface area contributed by atoms with Crippen LogP contribution in [-0.2, 0) is 0 Å². The standard InChI is InChI=1S/C12H18N2O2/c1-8-5-4-6-9(2)11(8)16-12(15)14-7-10(3)13/h4-6,10H,7,13H2,1-3H3,(H,14,15). The average Bonchev–Trinajstić information content (AvgIpc) is 2.21. The molecule has 1 aromatic carbocycles. The summed E-state index contributed by atoms with van der Waals surface area (Å²) < 4.78 is 5.22. The van der Waals surface area contributed by atoms with Crippen molar-refractivity contribution >= 4 is 6.09 Å². The van der Waals surface area contributed by atoms with E-state index in [0.29, 0.717) is 12.3 Å². The first kappa shape index (κ1) is 12.5. The van der Waals surface area contributed by atoms with Gasteiger partial charge >= 0.3 is 6.09 Å². The zero-order valence-electron chi connectivity index (χ0n) is 9.91. The SMILES string of the molecule is Cc1cccc(C)c1OC(=O)NCC(C)N. The minimum Gasteiger partial charge on any atom is -0.410 e. The topological polar surface area (TPSA) is 64.3 Å². The van der Waals surface area contributed by atoms with E-state index in [9.17, 15) is 4.79 Å². The molecule has 1 atom stereocenters. The second kappa shape index (κ2) is 5.51. The maximum Gasteiger partial charge on any atom is 0.412 e. The summed E-state index contributed by atoms with van der Waals surface area (Å²) in [4.78, 5) is 11.4. The van der Waals surface area contributed by atoms with Crippen LogP contribution in [0.3, 0.4) is 0 Å². The Morgan fingerprint density at radius 3 is 2.50 bits per heavy atom. The maximum atomic E-state index is 11.4. The summed E-state index contributed by atoms with van der Waals surface area (Å²) >= 11 is 0. The van der Waals surface area contributed by atoms with Crippen molar-refractivity contribution in [3.63, 3.8) is 0 Å². The molecule has 0 aromatic heterocycles. The molecule has 0 radical (unpaired) electrons. The predicted molar refractivity (Wildman–Crippen MR) is 63.6 cm³/mol. The number of benzene rings is 1. The lowest BCUT2D eigenvalue weighted by molar-refractivity contribution is 0.199. The van der Waals surface area contributed by atoms with Crippen molar-refractivity contribution in [2.24, 2.45) is 5.73 Å². The molecule has 0 fully saturated rings. The first-order chi connectivity index (χ1) is 7.50. The van der Waals surface area contributed by atoms with E-state index in [0.717, 1.165) is 11.1 Å². The molecule has 3 N–H and O–H groups in total. The normalized spacial score (nSPS) is 12.0. The monoisotopic (exact) mass is 222 g/mol. The number of carbonyl (C=O) groups excluding carboxylic acids is 1. The number of carbonyl (C=O) groups is 1. The van der Waals surface area contributed by atoms with Crippen LogP contribution >= 0.6 is 0 Å². The van der Waals surface area contributed by atoms with Crippen LogP contribution in [0, 0.1) is 13.8 Å². The number of hydrogen-bond acceptors (Lipinski definition) is 3. The first-order valence-corrected chi connectivity index (χ1v) is 5.28. The highest BCUT2D eigenvalue weighted by molar-refractivity contribution is 5.71. The number of amides is 1. The van der Waals surface area contributed by atoms with Gasteiger partial charge in [-0.1, -0.05) is 18.2 Å². The molecule has 4 heteroatoms. The lowest BCUT2D eigenvalue weighted by Gasteiger charge is -2.12. The van der Waals surface area contributed by atoms with E-state index in [2.05, 4.69) is 5.32 Å². The lowest BCUT2D eigenvalue weighted by atomic mass is 10.1. The van der Waals surface area contributed by atoms with Crippen LogP contribution < -0.4 is 15.8 Å². The zero-order chi connectivity index (χ0) is 12.1. The van der Waals surface area contributed by atoms with Crippen molar-refractivity contribution in [2.75, 3.05) is 6.54 Å². The second-order valence-corrected chi connectivity index (χ2v) is 3.97. The Labute approximate surface area is 95.8 Å². The van der Waals surface area contributed by atoms with Crippen molar-refractivity contribution in [3.05, 3.63) is 29.3 Å². The molecule has 1 rings (SSSR count). The molecule has 88 valence electrons. The highest BCUT2D eigenvalue weighted by Gasteiger charge is 2.09. The van der Waals surface area contributed by atoms with Crippen molar-refractivity contribution in [1.29, 1.82) is 0 Å². The summed E-state index contributed by atoms with van der Waals surface area (Å²) in [6.07, 6.45) is -0.463. The third-order valence-corrected chi connectivity index (χ3v) is 2.17. The molecular weight excluding hydrogens is 204 g/mol. The molecular formula is C12H18N2O2. The predicted octanol–water partition coefficient (Wildman–Crippen LogP) is 1.74. The Hall–Kier alpha value is -1.55. The van der Waals surface area contributed by atoms with Crippen LogP contribution in [0.5, 0.6) is 5.75 Å². The largest absolute Gasteiger partial charge is 0.412 e. The molecule has 0 bridgehead atoms. The van der Waals surface area contributed by atoms with Crippen LogP contribution in [0.15, 0.2) is 18.2 Å². The summed E-state index contributed by atoms with van der Waals surface area (Å²) in [6, 6.07) is 5.66. The Bertz CT molecular complexity index is 355. The summed E-state index contributed by atoms with van der Waals surface area (Å²) in [5.41, 5.74) is 7.40. The molecule has 1 amide bonds. The van der Waals surface area contributed by atoms with E-state index in [4.69, 9.17) is 10.5 Å². The van der Waals surface area contributed by atoms with Gasteiger partial charge in [-0.05, 0) is 31.9 Å². The molecule has 0 spiro atoms. The number of hydrogen-bond donors (Lipinski definition) is 2. The van der Waals surface area contributed by atoms with E-state index in [-0.39, 0.29) is 6.04 Å². The summed E-state index contributed by atoms with van der Waals surface area (Å²) in [7, 11) is 0. The fourth-order valence-corrected chi connectivity index (χ4v) is 1.33. The van der Waals surface area contributed by atoms with Gasteiger partial charge in [-0.2, -0.15) is 0 Å². The molecule has 4 nitrogen and oxygen atoms in total. The molecule has 0 aliphatic carbocycles. The second-order valence-electron chi connectivity index (χ2n) is 3.97. The number of nitrogens with two attached hydrogens (primary N) is 1. The minimum atomic E-state index is -0.463. The Morgan fingerprint density at radius 2 is 2.00 bits per heavy atom. The lowest BCUT2D eigenvalue weighted by Crippen LogP contribution is -2.36. The van der Waals surface area contributed by atoms with Gasteiger partial charge in [0.15, 0.2) is 0 Å². The molecule has 1 aromatic rings.